The normalized spacial score (nSPS) is 10.9. The van der Waals surface area contributed by atoms with Crippen LogP contribution in [0.4, 0.5) is 10.2 Å². The summed E-state index contributed by atoms with van der Waals surface area (Å²) in [6, 6.07) is 4.10. The third-order valence-electron chi connectivity index (χ3n) is 2.76. The molecular formula is C13H9ClFN3OS. The van der Waals surface area contributed by atoms with Gasteiger partial charge in [0.15, 0.2) is 11.6 Å². The molecule has 2 N–H and O–H groups in total. The van der Waals surface area contributed by atoms with E-state index in [2.05, 4.69) is 10.1 Å². The van der Waals surface area contributed by atoms with E-state index in [0.717, 1.165) is 9.88 Å². The van der Waals surface area contributed by atoms with E-state index in [1.165, 1.54) is 23.5 Å². The summed E-state index contributed by atoms with van der Waals surface area (Å²) in [5.74, 6) is 0.283. The number of anilines is 1. The van der Waals surface area contributed by atoms with Crippen molar-refractivity contribution in [2.75, 3.05) is 5.73 Å². The van der Waals surface area contributed by atoms with Gasteiger partial charge in [0.25, 0.3) is 0 Å². The molecule has 0 aliphatic heterocycles. The van der Waals surface area contributed by atoms with Crippen LogP contribution < -0.4 is 5.73 Å². The number of benzene rings is 1. The Bertz CT molecular complexity index is 784. The second kappa shape index (κ2) is 4.88. The highest BCUT2D eigenvalue weighted by Gasteiger charge is 2.21. The van der Waals surface area contributed by atoms with Gasteiger partial charge in [-0.1, -0.05) is 16.8 Å². The van der Waals surface area contributed by atoms with Crippen molar-refractivity contribution in [3.05, 3.63) is 40.2 Å². The van der Waals surface area contributed by atoms with Crippen LogP contribution in [-0.2, 0) is 0 Å². The quantitative estimate of drug-likeness (QED) is 0.772. The zero-order chi connectivity index (χ0) is 14.3. The molecule has 1 aromatic carbocycles. The fraction of sp³-hybridized carbons (Fsp3) is 0.0769. The number of hydrogen-bond donors (Lipinski definition) is 1. The third kappa shape index (κ3) is 2.17. The number of nitrogen functional groups attached to an aromatic ring is 1. The minimum absolute atomic E-state index is 0.208. The van der Waals surface area contributed by atoms with Crippen LogP contribution in [0.15, 0.2) is 28.9 Å². The molecule has 3 rings (SSSR count). The smallest absolute Gasteiger partial charge is 0.188 e. The van der Waals surface area contributed by atoms with Crippen molar-refractivity contribution in [2.45, 2.75) is 6.92 Å². The van der Waals surface area contributed by atoms with E-state index in [0.29, 0.717) is 16.9 Å². The van der Waals surface area contributed by atoms with Crippen molar-refractivity contribution in [3.8, 4) is 21.8 Å². The number of nitrogens with zero attached hydrogens (tertiary/aromatic N) is 2. The molecule has 0 aliphatic rings. The van der Waals surface area contributed by atoms with Gasteiger partial charge in [-0.3, -0.25) is 0 Å². The number of halogens is 2. The summed E-state index contributed by atoms with van der Waals surface area (Å²) < 4.78 is 18.4. The van der Waals surface area contributed by atoms with Crippen LogP contribution in [-0.4, -0.2) is 10.1 Å². The zero-order valence-corrected chi connectivity index (χ0v) is 11.9. The number of rotatable bonds is 2. The monoisotopic (exact) mass is 309 g/mol. The van der Waals surface area contributed by atoms with Crippen molar-refractivity contribution in [1.29, 1.82) is 0 Å². The van der Waals surface area contributed by atoms with E-state index in [-0.39, 0.29) is 10.8 Å². The summed E-state index contributed by atoms with van der Waals surface area (Å²) in [7, 11) is 0. The lowest BCUT2D eigenvalue weighted by Gasteiger charge is -2.04. The molecule has 2 aromatic heterocycles. The second-order valence-electron chi connectivity index (χ2n) is 4.14. The molecule has 0 unspecified atom stereocenters. The Hall–Kier alpha value is -1.92. The minimum atomic E-state index is -0.413. The van der Waals surface area contributed by atoms with Gasteiger partial charge in [0.05, 0.1) is 20.5 Å². The molecule has 0 fully saturated rings. The lowest BCUT2D eigenvalue weighted by atomic mass is 10.1. The highest BCUT2D eigenvalue weighted by molar-refractivity contribution is 7.15. The summed E-state index contributed by atoms with van der Waals surface area (Å²) in [6.07, 6.45) is 1.68. The van der Waals surface area contributed by atoms with Crippen LogP contribution >= 0.6 is 22.9 Å². The molecule has 0 radical (unpaired) electrons. The van der Waals surface area contributed by atoms with Gasteiger partial charge in [-0.2, -0.15) is 0 Å². The van der Waals surface area contributed by atoms with Crippen LogP contribution in [0, 0.1) is 12.7 Å². The first-order valence-electron chi connectivity index (χ1n) is 5.69. The number of aryl methyl sites for hydroxylation is 1. The number of aromatic nitrogens is 2. The second-order valence-corrected chi connectivity index (χ2v) is 5.78. The van der Waals surface area contributed by atoms with Crippen LogP contribution in [0.1, 0.15) is 5.01 Å². The van der Waals surface area contributed by atoms with E-state index in [4.69, 9.17) is 21.9 Å². The first-order valence-corrected chi connectivity index (χ1v) is 6.89. The van der Waals surface area contributed by atoms with Crippen LogP contribution in [0.2, 0.25) is 5.02 Å². The van der Waals surface area contributed by atoms with Gasteiger partial charge in [0.2, 0.25) is 0 Å². The average molecular weight is 310 g/mol. The SMILES string of the molecule is Cc1ncc(-c2onc(N)c2-c2ccc(F)cc2Cl)s1. The van der Waals surface area contributed by atoms with E-state index in [9.17, 15) is 4.39 Å². The van der Waals surface area contributed by atoms with Crippen LogP contribution in [0.3, 0.4) is 0 Å². The summed E-state index contributed by atoms with van der Waals surface area (Å²) in [6.45, 7) is 1.89. The standard InChI is InChI=1S/C13H9ClFN3OS/c1-6-17-5-10(20-6)12-11(13(16)18-19-12)8-3-2-7(15)4-9(8)14/h2-5H,1H3,(H2,16,18). The Morgan fingerprint density at radius 2 is 2.20 bits per heavy atom. The van der Waals surface area contributed by atoms with Gasteiger partial charge >= 0.3 is 0 Å². The molecule has 0 amide bonds. The highest BCUT2D eigenvalue weighted by atomic mass is 35.5. The fourth-order valence-corrected chi connectivity index (χ4v) is 2.91. The van der Waals surface area contributed by atoms with Crippen LogP contribution in [0.5, 0.6) is 0 Å². The molecule has 0 saturated carbocycles. The molecule has 7 heteroatoms. The molecule has 0 atom stereocenters. The molecule has 0 bridgehead atoms. The van der Waals surface area contributed by atoms with Crippen molar-refractivity contribution in [3.63, 3.8) is 0 Å². The van der Waals surface area contributed by atoms with Crippen molar-refractivity contribution >= 4 is 28.8 Å². The lowest BCUT2D eigenvalue weighted by Crippen LogP contribution is -1.90. The van der Waals surface area contributed by atoms with Crippen molar-refractivity contribution < 1.29 is 8.91 Å². The zero-order valence-electron chi connectivity index (χ0n) is 10.4. The molecule has 4 nitrogen and oxygen atoms in total. The lowest BCUT2D eigenvalue weighted by molar-refractivity contribution is 0.437. The average Bonchev–Trinajstić information content (AvgIpc) is 2.96. The summed E-state index contributed by atoms with van der Waals surface area (Å²) in [5, 5.41) is 4.92. The van der Waals surface area contributed by atoms with Crippen LogP contribution in [0.25, 0.3) is 21.8 Å². The van der Waals surface area contributed by atoms with Gasteiger partial charge < -0.3 is 10.3 Å². The third-order valence-corrected chi connectivity index (χ3v) is 3.99. The maximum Gasteiger partial charge on any atom is 0.188 e. The number of nitrogens with two attached hydrogens (primary N) is 1. The molecule has 20 heavy (non-hydrogen) atoms. The maximum atomic E-state index is 13.2. The van der Waals surface area contributed by atoms with Gasteiger partial charge in [0.1, 0.15) is 5.82 Å². The van der Waals surface area contributed by atoms with Crippen molar-refractivity contribution in [1.82, 2.24) is 10.1 Å². The number of thiazole rings is 1. The number of hydrogen-bond acceptors (Lipinski definition) is 5. The molecule has 3 aromatic rings. The molecule has 102 valence electrons. The maximum absolute atomic E-state index is 13.2. The Morgan fingerprint density at radius 1 is 1.40 bits per heavy atom. The summed E-state index contributed by atoms with van der Waals surface area (Å²) in [4.78, 5) is 4.96. The first kappa shape index (κ1) is 13.1. The summed E-state index contributed by atoms with van der Waals surface area (Å²) >= 11 is 7.53. The Labute approximate surface area is 123 Å². The van der Waals surface area contributed by atoms with E-state index in [1.54, 1.807) is 12.3 Å². The first-order chi connectivity index (χ1) is 9.56. The Morgan fingerprint density at radius 3 is 2.85 bits per heavy atom. The van der Waals surface area contributed by atoms with Gasteiger partial charge in [-0.15, -0.1) is 11.3 Å². The van der Waals surface area contributed by atoms with E-state index in [1.807, 2.05) is 6.92 Å². The molecule has 2 heterocycles. The predicted octanol–water partition coefficient (Wildman–Crippen LogP) is 4.15. The summed E-state index contributed by atoms with van der Waals surface area (Å²) in [5.41, 5.74) is 6.98. The van der Waals surface area contributed by atoms with Crippen molar-refractivity contribution in [2.24, 2.45) is 0 Å². The fourth-order valence-electron chi connectivity index (χ4n) is 1.89. The molecule has 0 aliphatic carbocycles. The van der Waals surface area contributed by atoms with Gasteiger partial charge in [-0.05, 0) is 25.1 Å². The van der Waals surface area contributed by atoms with E-state index >= 15 is 0 Å². The topological polar surface area (TPSA) is 64.9 Å². The predicted molar refractivity (Wildman–Crippen MR) is 77.2 cm³/mol. The van der Waals surface area contributed by atoms with Gasteiger partial charge in [-0.25, -0.2) is 9.37 Å². The molecule has 0 spiro atoms. The Balaban J connectivity index is 2.21. The van der Waals surface area contributed by atoms with E-state index < -0.39 is 5.82 Å². The molecule has 0 saturated heterocycles. The minimum Gasteiger partial charge on any atom is -0.380 e. The highest BCUT2D eigenvalue weighted by Crippen LogP contribution is 2.41. The van der Waals surface area contributed by atoms with Gasteiger partial charge in [0, 0.05) is 11.8 Å². The Kier molecular flexibility index (Phi) is 3.19. The molecular weight excluding hydrogens is 301 g/mol. The largest absolute Gasteiger partial charge is 0.380 e.